The van der Waals surface area contributed by atoms with E-state index in [1.807, 2.05) is 86.8 Å². The Bertz CT molecular complexity index is 1970. The number of aromatic nitrogens is 2. The number of carbonyl (C=O) groups excluding carboxylic acids is 1. The maximum Gasteiger partial charge on any atom is 0.251 e. The van der Waals surface area contributed by atoms with Crippen LogP contribution in [0.25, 0.3) is 11.3 Å². The van der Waals surface area contributed by atoms with E-state index >= 15 is 0 Å². The van der Waals surface area contributed by atoms with Crippen molar-refractivity contribution in [1.29, 1.82) is 0 Å². The second-order valence-electron chi connectivity index (χ2n) is 12.3. The number of rotatable bonds is 15. The predicted molar refractivity (Wildman–Crippen MR) is 196 cm³/mol. The Balaban J connectivity index is 1.33. The average Bonchev–Trinajstić information content (AvgIpc) is 3.55. The van der Waals surface area contributed by atoms with E-state index in [2.05, 4.69) is 25.3 Å². The fraction of sp³-hybridized carbons (Fsp3) is 0.270. The van der Waals surface area contributed by atoms with Gasteiger partial charge in [-0.3, -0.25) is 14.5 Å². The zero-order valence-corrected chi connectivity index (χ0v) is 29.5. The molecule has 12 heteroatoms. The Hall–Kier alpha value is -4.78. The molecule has 3 aromatic carbocycles. The molecule has 0 spiro atoms. The fourth-order valence-electron chi connectivity index (χ4n) is 5.40. The van der Waals surface area contributed by atoms with Crippen molar-refractivity contribution < 1.29 is 23.1 Å². The maximum atomic E-state index is 13.8. The highest BCUT2D eigenvalue weighted by atomic mass is 32.2. The Morgan fingerprint density at radius 2 is 1.80 bits per heavy atom. The summed E-state index contributed by atoms with van der Waals surface area (Å²) in [6.07, 6.45) is 2.89. The zero-order valence-electron chi connectivity index (χ0n) is 27.9. The van der Waals surface area contributed by atoms with Gasteiger partial charge in [-0.2, -0.15) is 0 Å². The molecule has 0 aliphatic rings. The van der Waals surface area contributed by atoms with E-state index in [0.29, 0.717) is 34.2 Å². The smallest absolute Gasteiger partial charge is 0.251 e. The van der Waals surface area contributed by atoms with Gasteiger partial charge in [0.1, 0.15) is 5.75 Å². The highest BCUT2D eigenvalue weighted by molar-refractivity contribution is 7.92. The van der Waals surface area contributed by atoms with Crippen molar-refractivity contribution in [2.45, 2.75) is 45.8 Å². The number of aryl methyl sites for hydroxylation is 1. The molecule has 2 atom stereocenters. The minimum Gasteiger partial charge on any atom is -0.497 e. The van der Waals surface area contributed by atoms with Crippen molar-refractivity contribution >= 4 is 43.8 Å². The molecule has 1 amide bonds. The summed E-state index contributed by atoms with van der Waals surface area (Å²) in [5, 5.41) is 20.2. The lowest BCUT2D eigenvalue weighted by atomic mass is 10.0. The molecule has 5 rings (SSSR count). The number of anilines is 3. The number of aliphatic hydroxyl groups is 1. The Labute approximate surface area is 291 Å². The van der Waals surface area contributed by atoms with Crippen molar-refractivity contribution in [2.24, 2.45) is 5.92 Å². The number of hydrogen-bond donors (Lipinski definition) is 4. The van der Waals surface area contributed by atoms with E-state index in [9.17, 15) is 18.3 Å². The highest BCUT2D eigenvalue weighted by Gasteiger charge is 2.28. The van der Waals surface area contributed by atoms with Gasteiger partial charge in [0.2, 0.25) is 10.0 Å². The fourth-order valence-corrected chi connectivity index (χ4v) is 7.44. The third-order valence-electron chi connectivity index (χ3n) is 7.87. The molecule has 0 saturated carbocycles. The third kappa shape index (κ3) is 9.88. The Kier molecular flexibility index (Phi) is 11.7. The average molecular weight is 700 g/mol. The van der Waals surface area contributed by atoms with Crippen LogP contribution in [0.4, 0.5) is 16.5 Å². The second-order valence-corrected chi connectivity index (χ2v) is 14.9. The highest BCUT2D eigenvalue weighted by Crippen LogP contribution is 2.28. The number of aliphatic hydroxyl groups excluding tert-OH is 1. The van der Waals surface area contributed by atoms with Crippen molar-refractivity contribution in [1.82, 2.24) is 15.3 Å². The quantitative estimate of drug-likeness (QED) is 0.0957. The lowest BCUT2D eigenvalue weighted by molar-refractivity contribution is 0.0861. The normalized spacial score (nSPS) is 12.7. The summed E-state index contributed by atoms with van der Waals surface area (Å²) in [5.74, 6) is -0.160. The van der Waals surface area contributed by atoms with Crippen molar-refractivity contribution in [2.75, 3.05) is 22.9 Å². The van der Waals surface area contributed by atoms with Crippen LogP contribution in [0, 0.1) is 12.8 Å². The summed E-state index contributed by atoms with van der Waals surface area (Å²) >= 11 is 1.43. The SMILES string of the molecule is COc1ccc(NS(=O)(=O)C[C@H](O)[C@H](Cc2ccccc2)NC(=O)c2cc(Nc3nc(-c4cccnc4)cs3)ccc2C)c(CC(C)C)c1. The van der Waals surface area contributed by atoms with Crippen LogP contribution in [-0.2, 0) is 22.9 Å². The summed E-state index contributed by atoms with van der Waals surface area (Å²) in [7, 11) is -2.47. The molecule has 49 heavy (non-hydrogen) atoms. The summed E-state index contributed by atoms with van der Waals surface area (Å²) in [6.45, 7) is 5.92. The lowest BCUT2D eigenvalue weighted by Crippen LogP contribution is -2.48. The molecule has 10 nitrogen and oxygen atoms in total. The van der Waals surface area contributed by atoms with Gasteiger partial charge in [-0.15, -0.1) is 11.3 Å². The molecule has 2 heterocycles. The number of benzene rings is 3. The van der Waals surface area contributed by atoms with Gasteiger partial charge in [0.05, 0.1) is 36.4 Å². The third-order valence-corrected chi connectivity index (χ3v) is 9.94. The van der Waals surface area contributed by atoms with Crippen LogP contribution >= 0.6 is 11.3 Å². The lowest BCUT2D eigenvalue weighted by Gasteiger charge is -2.25. The molecular weight excluding hydrogens is 659 g/mol. The van der Waals surface area contributed by atoms with E-state index in [4.69, 9.17) is 4.74 Å². The number of nitrogens with zero attached hydrogens (tertiary/aromatic N) is 2. The van der Waals surface area contributed by atoms with Crippen molar-refractivity contribution in [3.8, 4) is 17.0 Å². The number of methoxy groups -OCH3 is 1. The van der Waals surface area contributed by atoms with E-state index in [-0.39, 0.29) is 12.3 Å². The summed E-state index contributed by atoms with van der Waals surface area (Å²) in [4.78, 5) is 22.6. The molecule has 5 aromatic rings. The van der Waals surface area contributed by atoms with Crippen molar-refractivity contribution in [3.63, 3.8) is 0 Å². The number of pyridine rings is 1. The number of nitrogens with one attached hydrogen (secondary N) is 3. The summed E-state index contributed by atoms with van der Waals surface area (Å²) < 4.78 is 34.9. The monoisotopic (exact) mass is 699 g/mol. The van der Waals surface area contributed by atoms with Crippen LogP contribution in [-0.4, -0.2) is 54.4 Å². The van der Waals surface area contributed by atoms with E-state index in [1.165, 1.54) is 11.3 Å². The second kappa shape index (κ2) is 16.1. The summed E-state index contributed by atoms with van der Waals surface area (Å²) in [6, 6.07) is 22.8. The zero-order chi connectivity index (χ0) is 35.0. The molecule has 256 valence electrons. The van der Waals surface area contributed by atoms with Crippen LogP contribution in [0.15, 0.2) is 96.6 Å². The van der Waals surface area contributed by atoms with Gasteiger partial charge in [-0.25, -0.2) is 13.4 Å². The number of thiazole rings is 1. The topological polar surface area (TPSA) is 143 Å². The number of ether oxygens (including phenoxy) is 1. The van der Waals surface area contributed by atoms with E-state index in [1.54, 1.807) is 37.7 Å². The molecule has 4 N–H and O–H groups in total. The van der Waals surface area contributed by atoms with E-state index < -0.39 is 33.8 Å². The van der Waals surface area contributed by atoms with Gasteiger partial charge in [0, 0.05) is 34.6 Å². The predicted octanol–water partition coefficient (Wildman–Crippen LogP) is 6.61. The minimum absolute atomic E-state index is 0.220. The minimum atomic E-state index is -4.03. The van der Waals surface area contributed by atoms with Gasteiger partial charge in [0.15, 0.2) is 5.13 Å². The van der Waals surface area contributed by atoms with Crippen LogP contribution < -0.4 is 20.1 Å². The largest absolute Gasteiger partial charge is 0.497 e. The Morgan fingerprint density at radius 1 is 1.00 bits per heavy atom. The number of sulfonamides is 1. The van der Waals surface area contributed by atoms with Crippen LogP contribution in [0.2, 0.25) is 0 Å². The van der Waals surface area contributed by atoms with Gasteiger partial charge in [-0.1, -0.05) is 50.2 Å². The maximum absolute atomic E-state index is 13.8. The first-order valence-electron chi connectivity index (χ1n) is 15.9. The molecule has 0 fully saturated rings. The summed E-state index contributed by atoms with van der Waals surface area (Å²) in [5.41, 5.74) is 5.51. The molecular formula is C37H41N5O5S2. The number of carbonyl (C=O) groups is 1. The van der Waals surface area contributed by atoms with Crippen molar-refractivity contribution in [3.05, 3.63) is 119 Å². The number of amides is 1. The van der Waals surface area contributed by atoms with Crippen LogP contribution in [0.1, 0.15) is 40.9 Å². The standard InChI is InChI=1S/C37H41N5O5S2/c1-24(2)17-28-19-30(47-4)14-15-32(28)42-49(45,46)23-35(43)33(18-26-9-6-5-7-10-26)40-36(44)31-20-29(13-12-25(31)3)39-37-41-34(22-48-37)27-11-8-16-38-21-27/h5-16,19-22,24,33,35,42-43H,17-18,23H2,1-4H3,(H,39,41)(H,40,44)/t33-,35-/m0/s1. The Morgan fingerprint density at radius 3 is 2.51 bits per heavy atom. The molecule has 0 unspecified atom stereocenters. The van der Waals surface area contributed by atoms with Gasteiger partial charge >= 0.3 is 0 Å². The van der Waals surface area contributed by atoms with Gasteiger partial charge < -0.3 is 20.5 Å². The first kappa shape index (κ1) is 35.5. The molecule has 0 aliphatic heterocycles. The molecule has 0 saturated heterocycles. The molecule has 0 aliphatic carbocycles. The first-order chi connectivity index (χ1) is 23.5. The molecule has 0 radical (unpaired) electrons. The number of hydrogen-bond acceptors (Lipinski definition) is 9. The molecule has 0 bridgehead atoms. The van der Waals surface area contributed by atoms with Gasteiger partial charge in [-0.05, 0) is 84.8 Å². The first-order valence-corrected chi connectivity index (χ1v) is 18.5. The van der Waals surface area contributed by atoms with Crippen LogP contribution in [0.5, 0.6) is 5.75 Å². The van der Waals surface area contributed by atoms with Crippen LogP contribution in [0.3, 0.4) is 0 Å². The van der Waals surface area contributed by atoms with Gasteiger partial charge in [0.25, 0.3) is 5.91 Å². The van der Waals surface area contributed by atoms with E-state index in [0.717, 1.165) is 27.9 Å². The molecule has 2 aromatic heterocycles.